The van der Waals surface area contributed by atoms with Crippen LogP contribution in [0.15, 0.2) is 60.7 Å². The summed E-state index contributed by atoms with van der Waals surface area (Å²) in [4.78, 5) is 29.0. The third kappa shape index (κ3) is 4.24. The van der Waals surface area contributed by atoms with Gasteiger partial charge in [0.1, 0.15) is 0 Å². The Labute approximate surface area is 213 Å². The molecular formula is C26H22Cl3NO4. The van der Waals surface area contributed by atoms with Crippen molar-refractivity contribution in [2.75, 3.05) is 19.1 Å². The van der Waals surface area contributed by atoms with Crippen LogP contribution in [-0.2, 0) is 4.79 Å². The van der Waals surface area contributed by atoms with Crippen LogP contribution in [0, 0.1) is 11.8 Å². The van der Waals surface area contributed by atoms with Crippen LogP contribution in [0.5, 0.6) is 11.5 Å². The summed E-state index contributed by atoms with van der Waals surface area (Å²) in [7, 11) is 3.06. The summed E-state index contributed by atoms with van der Waals surface area (Å²) in [6, 6.07) is 16.6. The third-order valence-corrected chi connectivity index (χ3v) is 7.23. The summed E-state index contributed by atoms with van der Waals surface area (Å²) in [5.74, 6) is -0.747. The molecule has 3 aromatic rings. The lowest BCUT2D eigenvalue weighted by Crippen LogP contribution is -2.30. The van der Waals surface area contributed by atoms with Crippen molar-refractivity contribution < 1.29 is 19.1 Å². The maximum Gasteiger partial charge on any atom is 0.231 e. The van der Waals surface area contributed by atoms with Gasteiger partial charge in [-0.25, -0.2) is 0 Å². The molecule has 3 aromatic carbocycles. The molecule has 1 fully saturated rings. The molecule has 1 saturated heterocycles. The molecule has 0 saturated carbocycles. The fourth-order valence-corrected chi connectivity index (χ4v) is 5.01. The molecule has 3 unspecified atom stereocenters. The minimum absolute atomic E-state index is 0.200. The topological polar surface area (TPSA) is 55.8 Å². The second-order valence-electron chi connectivity index (χ2n) is 8.02. The fraction of sp³-hybridized carbons (Fsp3) is 0.231. The average Bonchev–Trinajstić information content (AvgIpc) is 3.10. The molecule has 0 spiro atoms. The molecule has 176 valence electrons. The minimum Gasteiger partial charge on any atom is -0.493 e. The van der Waals surface area contributed by atoms with E-state index in [1.807, 2.05) is 0 Å². The summed E-state index contributed by atoms with van der Waals surface area (Å²) >= 11 is 18.9. The van der Waals surface area contributed by atoms with Crippen LogP contribution in [0.3, 0.4) is 0 Å². The lowest BCUT2D eigenvalue weighted by atomic mass is 9.82. The second-order valence-corrected chi connectivity index (χ2v) is 9.25. The monoisotopic (exact) mass is 517 g/mol. The SMILES string of the molecule is COc1ccc(N2C(=O)C(C)C(C(=O)c3ccccc3Cl)C2c2ccc(Cl)c(Cl)c2)cc1OC. The Balaban J connectivity index is 1.90. The van der Waals surface area contributed by atoms with E-state index in [2.05, 4.69) is 0 Å². The van der Waals surface area contributed by atoms with Crippen LogP contribution < -0.4 is 14.4 Å². The van der Waals surface area contributed by atoms with Gasteiger partial charge in [0.2, 0.25) is 5.91 Å². The number of benzene rings is 3. The van der Waals surface area contributed by atoms with Crippen LogP contribution in [0.2, 0.25) is 15.1 Å². The van der Waals surface area contributed by atoms with Crippen molar-refractivity contribution >= 4 is 52.2 Å². The van der Waals surface area contributed by atoms with Gasteiger partial charge in [-0.05, 0) is 42.0 Å². The molecule has 0 N–H and O–H groups in total. The van der Waals surface area contributed by atoms with Crippen molar-refractivity contribution in [2.45, 2.75) is 13.0 Å². The first kappa shape index (κ1) is 24.4. The molecule has 34 heavy (non-hydrogen) atoms. The smallest absolute Gasteiger partial charge is 0.231 e. The van der Waals surface area contributed by atoms with E-state index in [0.29, 0.717) is 43.4 Å². The summed E-state index contributed by atoms with van der Waals surface area (Å²) in [6.45, 7) is 1.76. The highest BCUT2D eigenvalue weighted by Gasteiger charge is 2.51. The lowest BCUT2D eigenvalue weighted by molar-refractivity contribution is -0.120. The number of amides is 1. The van der Waals surface area contributed by atoms with E-state index in [9.17, 15) is 9.59 Å². The van der Waals surface area contributed by atoms with Crippen molar-refractivity contribution in [3.05, 3.63) is 86.9 Å². The van der Waals surface area contributed by atoms with E-state index in [4.69, 9.17) is 44.3 Å². The fourth-order valence-electron chi connectivity index (χ4n) is 4.47. The molecule has 0 aliphatic carbocycles. The molecule has 5 nitrogen and oxygen atoms in total. The largest absolute Gasteiger partial charge is 0.493 e. The standard InChI is InChI=1S/C26H22Cl3NO4/c1-14-23(25(31)17-6-4-5-7-18(17)27)24(15-8-10-19(28)20(29)12-15)30(26(14)32)16-9-11-21(33-2)22(13-16)34-3/h4-14,23-24H,1-3H3. The first-order valence-corrected chi connectivity index (χ1v) is 11.7. The van der Waals surface area contributed by atoms with Crippen LogP contribution in [0.25, 0.3) is 0 Å². The number of ether oxygens (including phenoxy) is 2. The minimum atomic E-state index is -0.710. The van der Waals surface area contributed by atoms with Gasteiger partial charge in [-0.3, -0.25) is 9.59 Å². The highest BCUT2D eigenvalue weighted by molar-refractivity contribution is 6.42. The third-order valence-electron chi connectivity index (χ3n) is 6.16. The number of carbonyl (C=O) groups is 2. The molecular weight excluding hydrogens is 497 g/mol. The quantitative estimate of drug-likeness (QED) is 0.334. The first-order valence-electron chi connectivity index (χ1n) is 10.6. The van der Waals surface area contributed by atoms with Gasteiger partial charge in [-0.1, -0.05) is 59.9 Å². The normalized spacial score (nSPS) is 19.9. The Bertz CT molecular complexity index is 1260. The highest BCUT2D eigenvalue weighted by atomic mass is 35.5. The van der Waals surface area contributed by atoms with E-state index in [1.165, 1.54) is 14.2 Å². The van der Waals surface area contributed by atoms with Gasteiger partial charge in [0, 0.05) is 23.2 Å². The van der Waals surface area contributed by atoms with Crippen LogP contribution in [0.4, 0.5) is 5.69 Å². The van der Waals surface area contributed by atoms with Gasteiger partial charge in [-0.15, -0.1) is 0 Å². The summed E-state index contributed by atoms with van der Waals surface area (Å²) in [5.41, 5.74) is 1.63. The molecule has 1 aliphatic rings. The number of ketones is 1. The number of methoxy groups -OCH3 is 2. The van der Waals surface area contributed by atoms with Gasteiger partial charge < -0.3 is 14.4 Å². The van der Waals surface area contributed by atoms with E-state index in [0.717, 1.165) is 0 Å². The van der Waals surface area contributed by atoms with Gasteiger partial charge in [0.25, 0.3) is 0 Å². The predicted octanol–water partition coefficient (Wildman–Crippen LogP) is 6.89. The number of rotatable bonds is 6. The zero-order valence-corrected chi connectivity index (χ0v) is 21.0. The number of carbonyl (C=O) groups excluding carboxylic acids is 2. The molecule has 1 aliphatic heterocycles. The number of halogens is 3. The first-order chi connectivity index (χ1) is 16.3. The van der Waals surface area contributed by atoms with Crippen LogP contribution in [-0.4, -0.2) is 25.9 Å². The number of hydrogen-bond acceptors (Lipinski definition) is 4. The van der Waals surface area contributed by atoms with Gasteiger partial charge in [-0.2, -0.15) is 0 Å². The maximum atomic E-state index is 13.8. The molecule has 0 aromatic heterocycles. The van der Waals surface area contributed by atoms with E-state index in [1.54, 1.807) is 72.5 Å². The molecule has 8 heteroatoms. The number of Topliss-reactive ketones (excluding diaryl/α,β-unsaturated/α-hetero) is 1. The van der Waals surface area contributed by atoms with Crippen molar-refractivity contribution in [2.24, 2.45) is 11.8 Å². The van der Waals surface area contributed by atoms with Crippen LogP contribution >= 0.6 is 34.8 Å². The lowest BCUT2D eigenvalue weighted by Gasteiger charge is -2.29. The summed E-state index contributed by atoms with van der Waals surface area (Å²) in [5, 5.41) is 1.06. The van der Waals surface area contributed by atoms with Crippen LogP contribution in [0.1, 0.15) is 28.9 Å². The van der Waals surface area contributed by atoms with Crippen molar-refractivity contribution in [3.63, 3.8) is 0 Å². The predicted molar refractivity (Wildman–Crippen MR) is 135 cm³/mol. The van der Waals surface area contributed by atoms with E-state index in [-0.39, 0.29) is 11.7 Å². The van der Waals surface area contributed by atoms with Crippen molar-refractivity contribution in [3.8, 4) is 11.5 Å². The number of hydrogen-bond donors (Lipinski definition) is 0. The molecule has 3 atom stereocenters. The van der Waals surface area contributed by atoms with Crippen molar-refractivity contribution in [1.82, 2.24) is 0 Å². The number of nitrogens with zero attached hydrogens (tertiary/aromatic N) is 1. The Hall–Kier alpha value is -2.73. The van der Waals surface area contributed by atoms with E-state index >= 15 is 0 Å². The average molecular weight is 519 g/mol. The van der Waals surface area contributed by atoms with Gasteiger partial charge >= 0.3 is 0 Å². The summed E-state index contributed by atoms with van der Waals surface area (Å²) < 4.78 is 10.8. The zero-order valence-electron chi connectivity index (χ0n) is 18.7. The Morgan fingerprint density at radius 1 is 0.853 bits per heavy atom. The summed E-state index contributed by atoms with van der Waals surface area (Å²) in [6.07, 6.45) is 0. The molecule has 1 amide bonds. The Kier molecular flexibility index (Phi) is 7.08. The zero-order chi connectivity index (χ0) is 24.6. The Morgan fingerprint density at radius 2 is 1.56 bits per heavy atom. The molecule has 0 bridgehead atoms. The van der Waals surface area contributed by atoms with Gasteiger partial charge in [0.15, 0.2) is 17.3 Å². The number of anilines is 1. The molecule has 0 radical (unpaired) electrons. The molecule has 4 rings (SSSR count). The van der Waals surface area contributed by atoms with Gasteiger partial charge in [0.05, 0.1) is 41.2 Å². The maximum absolute atomic E-state index is 13.8. The van der Waals surface area contributed by atoms with Crippen molar-refractivity contribution in [1.29, 1.82) is 0 Å². The molecule has 1 heterocycles. The van der Waals surface area contributed by atoms with E-state index < -0.39 is 17.9 Å². The second kappa shape index (κ2) is 9.87. The highest BCUT2D eigenvalue weighted by Crippen LogP contribution is 2.48. The Morgan fingerprint density at radius 3 is 2.21 bits per heavy atom.